The first kappa shape index (κ1) is 16.6. The minimum atomic E-state index is -4.34. The standard InChI is InChI=1S/C20H20F3NO/c21-20(22,23)15-7-5-14(6-8-15)19(10-2-11-19)18(25)16-9-4-13-3-1-12-24-17(13)16/h1,3,5-8,12,16,18,25H,2,4,9-11H2. The van der Waals surface area contributed by atoms with E-state index in [-0.39, 0.29) is 5.92 Å². The lowest BCUT2D eigenvalue weighted by Gasteiger charge is -2.48. The Morgan fingerprint density at radius 2 is 1.84 bits per heavy atom. The van der Waals surface area contributed by atoms with Crippen LogP contribution in [0.4, 0.5) is 13.2 Å². The number of hydrogen-bond acceptors (Lipinski definition) is 2. The van der Waals surface area contributed by atoms with Crippen molar-refractivity contribution >= 4 is 0 Å². The molecule has 25 heavy (non-hydrogen) atoms. The minimum Gasteiger partial charge on any atom is -0.392 e. The van der Waals surface area contributed by atoms with Crippen LogP contribution in [0.15, 0.2) is 42.6 Å². The summed E-state index contributed by atoms with van der Waals surface area (Å²) in [6.45, 7) is 0. The molecule has 5 heteroatoms. The molecule has 4 rings (SSSR count). The number of aryl methyl sites for hydroxylation is 1. The van der Waals surface area contributed by atoms with Crippen LogP contribution >= 0.6 is 0 Å². The first-order valence-electron chi connectivity index (χ1n) is 8.71. The summed E-state index contributed by atoms with van der Waals surface area (Å²) < 4.78 is 38.5. The Kier molecular flexibility index (Phi) is 3.87. The van der Waals surface area contributed by atoms with Crippen LogP contribution < -0.4 is 0 Å². The maximum absolute atomic E-state index is 12.8. The van der Waals surface area contributed by atoms with Gasteiger partial charge in [0.05, 0.1) is 11.7 Å². The fourth-order valence-corrected chi connectivity index (χ4v) is 4.44. The summed E-state index contributed by atoms with van der Waals surface area (Å²) in [6, 6.07) is 9.29. The number of fused-ring (bicyclic) bond motifs is 1. The zero-order valence-electron chi connectivity index (χ0n) is 13.8. The predicted molar refractivity (Wildman–Crippen MR) is 88.3 cm³/mol. The number of pyridine rings is 1. The number of nitrogens with zero attached hydrogens (tertiary/aromatic N) is 1. The van der Waals surface area contributed by atoms with Gasteiger partial charge in [-0.3, -0.25) is 4.98 Å². The van der Waals surface area contributed by atoms with Crippen molar-refractivity contribution in [3.05, 3.63) is 65.0 Å². The number of aliphatic hydroxyl groups is 1. The van der Waals surface area contributed by atoms with Gasteiger partial charge in [-0.15, -0.1) is 0 Å². The fraction of sp³-hybridized carbons (Fsp3) is 0.450. The van der Waals surface area contributed by atoms with Gasteiger partial charge in [-0.25, -0.2) is 0 Å². The van der Waals surface area contributed by atoms with Gasteiger partial charge in [0.25, 0.3) is 0 Å². The van der Waals surface area contributed by atoms with Gasteiger partial charge in [-0.05, 0) is 55.0 Å². The molecule has 2 unspecified atom stereocenters. The highest BCUT2D eigenvalue weighted by Gasteiger charge is 2.49. The smallest absolute Gasteiger partial charge is 0.392 e. The van der Waals surface area contributed by atoms with E-state index in [4.69, 9.17) is 0 Å². The third-order valence-electron chi connectivity index (χ3n) is 5.98. The second-order valence-electron chi connectivity index (χ2n) is 7.22. The second-order valence-corrected chi connectivity index (χ2v) is 7.22. The van der Waals surface area contributed by atoms with Gasteiger partial charge in [0.15, 0.2) is 0 Å². The number of benzene rings is 1. The molecule has 2 aliphatic rings. The Hall–Kier alpha value is -1.88. The summed E-state index contributed by atoms with van der Waals surface area (Å²) >= 11 is 0. The topological polar surface area (TPSA) is 33.1 Å². The maximum Gasteiger partial charge on any atom is 0.416 e. The van der Waals surface area contributed by atoms with E-state index in [2.05, 4.69) is 4.98 Å². The third kappa shape index (κ3) is 2.65. The first-order chi connectivity index (χ1) is 11.9. The molecule has 1 saturated carbocycles. The van der Waals surface area contributed by atoms with Crippen LogP contribution in [0, 0.1) is 0 Å². The molecule has 1 aromatic carbocycles. The average molecular weight is 347 g/mol. The van der Waals surface area contributed by atoms with Crippen LogP contribution in [0.5, 0.6) is 0 Å². The molecule has 2 atom stereocenters. The molecule has 0 radical (unpaired) electrons. The Labute approximate surface area is 144 Å². The molecule has 0 aliphatic heterocycles. The Balaban J connectivity index is 1.65. The number of aromatic nitrogens is 1. The highest BCUT2D eigenvalue weighted by Crippen LogP contribution is 2.52. The monoisotopic (exact) mass is 347 g/mol. The van der Waals surface area contributed by atoms with E-state index in [1.54, 1.807) is 18.3 Å². The molecular formula is C20H20F3NO. The lowest BCUT2D eigenvalue weighted by Crippen LogP contribution is -2.48. The summed E-state index contributed by atoms with van der Waals surface area (Å²) in [7, 11) is 0. The Morgan fingerprint density at radius 1 is 1.12 bits per heavy atom. The van der Waals surface area contributed by atoms with Crippen molar-refractivity contribution in [3.8, 4) is 0 Å². The van der Waals surface area contributed by atoms with Gasteiger partial charge in [-0.1, -0.05) is 24.6 Å². The van der Waals surface area contributed by atoms with Crippen LogP contribution in [0.3, 0.4) is 0 Å². The molecule has 2 aromatic rings. The lowest BCUT2D eigenvalue weighted by molar-refractivity contribution is -0.137. The van der Waals surface area contributed by atoms with Crippen LogP contribution in [0.2, 0.25) is 0 Å². The number of halogens is 3. The average Bonchev–Trinajstić information content (AvgIpc) is 2.97. The van der Waals surface area contributed by atoms with Crippen molar-refractivity contribution in [1.82, 2.24) is 4.98 Å². The van der Waals surface area contributed by atoms with E-state index in [0.717, 1.165) is 55.5 Å². The molecule has 132 valence electrons. The molecular weight excluding hydrogens is 327 g/mol. The van der Waals surface area contributed by atoms with E-state index in [9.17, 15) is 18.3 Å². The van der Waals surface area contributed by atoms with Gasteiger partial charge in [0.2, 0.25) is 0 Å². The summed E-state index contributed by atoms with van der Waals surface area (Å²) in [6.07, 6.45) is 1.13. The highest BCUT2D eigenvalue weighted by atomic mass is 19.4. The largest absolute Gasteiger partial charge is 0.416 e. The molecule has 0 bridgehead atoms. The molecule has 1 N–H and O–H groups in total. The molecule has 2 aliphatic carbocycles. The van der Waals surface area contributed by atoms with Crippen molar-refractivity contribution in [2.75, 3.05) is 0 Å². The van der Waals surface area contributed by atoms with Crippen LogP contribution in [0.1, 0.15) is 54.0 Å². The van der Waals surface area contributed by atoms with Gasteiger partial charge in [0, 0.05) is 23.2 Å². The fourth-order valence-electron chi connectivity index (χ4n) is 4.44. The van der Waals surface area contributed by atoms with E-state index >= 15 is 0 Å². The SMILES string of the molecule is OC(C1CCc2cccnc21)C1(c2ccc(C(F)(F)F)cc2)CCC1. The number of alkyl halides is 3. The van der Waals surface area contributed by atoms with E-state index in [0.29, 0.717) is 0 Å². The van der Waals surface area contributed by atoms with E-state index < -0.39 is 23.3 Å². The van der Waals surface area contributed by atoms with Crippen LogP contribution in [-0.4, -0.2) is 16.2 Å². The summed E-state index contributed by atoms with van der Waals surface area (Å²) in [5.41, 5.74) is 1.84. The Bertz CT molecular complexity index is 765. The summed E-state index contributed by atoms with van der Waals surface area (Å²) in [5, 5.41) is 11.2. The van der Waals surface area contributed by atoms with Gasteiger partial charge in [0.1, 0.15) is 0 Å². The number of hydrogen-bond donors (Lipinski definition) is 1. The Morgan fingerprint density at radius 3 is 2.44 bits per heavy atom. The lowest BCUT2D eigenvalue weighted by atomic mass is 9.58. The quantitative estimate of drug-likeness (QED) is 0.879. The molecule has 1 fully saturated rings. The molecule has 0 amide bonds. The molecule has 1 aromatic heterocycles. The van der Waals surface area contributed by atoms with E-state index in [1.807, 2.05) is 12.1 Å². The van der Waals surface area contributed by atoms with Gasteiger partial charge in [-0.2, -0.15) is 13.2 Å². The van der Waals surface area contributed by atoms with Gasteiger partial charge >= 0.3 is 6.18 Å². The number of rotatable bonds is 3. The molecule has 1 heterocycles. The van der Waals surface area contributed by atoms with Crippen molar-refractivity contribution in [1.29, 1.82) is 0 Å². The predicted octanol–water partition coefficient (Wildman–Crippen LogP) is 4.61. The van der Waals surface area contributed by atoms with Crippen molar-refractivity contribution in [2.45, 2.75) is 55.7 Å². The zero-order valence-corrected chi connectivity index (χ0v) is 13.8. The van der Waals surface area contributed by atoms with Crippen LogP contribution in [-0.2, 0) is 18.0 Å². The third-order valence-corrected chi connectivity index (χ3v) is 5.98. The van der Waals surface area contributed by atoms with E-state index in [1.165, 1.54) is 5.56 Å². The number of aliphatic hydroxyl groups excluding tert-OH is 1. The van der Waals surface area contributed by atoms with Gasteiger partial charge < -0.3 is 5.11 Å². The molecule has 2 nitrogen and oxygen atoms in total. The first-order valence-corrected chi connectivity index (χ1v) is 8.71. The minimum absolute atomic E-state index is 0.0428. The maximum atomic E-state index is 12.8. The van der Waals surface area contributed by atoms with Crippen molar-refractivity contribution < 1.29 is 18.3 Å². The van der Waals surface area contributed by atoms with Crippen molar-refractivity contribution in [3.63, 3.8) is 0 Å². The van der Waals surface area contributed by atoms with Crippen molar-refractivity contribution in [2.24, 2.45) is 0 Å². The second kappa shape index (κ2) is 5.84. The zero-order chi connectivity index (χ0) is 17.7. The highest BCUT2D eigenvalue weighted by molar-refractivity contribution is 5.37. The summed E-state index contributed by atoms with van der Waals surface area (Å²) in [4.78, 5) is 4.46. The molecule has 0 spiro atoms. The summed E-state index contributed by atoms with van der Waals surface area (Å²) in [5.74, 6) is -0.0428. The molecule has 0 saturated heterocycles. The normalized spacial score (nSPS) is 23.0. The van der Waals surface area contributed by atoms with Crippen LogP contribution in [0.25, 0.3) is 0 Å².